The molecule has 1 aromatic heterocycles. The van der Waals surface area contributed by atoms with Gasteiger partial charge in [0.2, 0.25) is 17.8 Å². The van der Waals surface area contributed by atoms with E-state index in [0.29, 0.717) is 13.0 Å². The number of halogens is 7. The van der Waals surface area contributed by atoms with Gasteiger partial charge >= 0.3 is 12.4 Å². The normalized spacial score (nSPS) is 16.5. The Morgan fingerprint density at radius 2 is 1.60 bits per heavy atom. The standard InChI is InChI=1S/C21H17ClF6N6O/c22-16-14(21(26,27)28)5-2-6-15(16)30-18-31-17(32-19(33-18)34-8-7-13(35)10-34)29-12-4-1-3-11(9-12)20(23,24)25/h1-6,9,13,35H,7-8,10H2,(H2,29,30,31,32,33). The van der Waals surface area contributed by atoms with Crippen LogP contribution >= 0.6 is 11.6 Å². The maximum Gasteiger partial charge on any atom is 0.417 e. The SMILES string of the molecule is OC1CCN(c2nc(Nc3cccc(C(F)(F)F)c3)nc(Nc3cccc(C(F)(F)F)c3Cl)n2)C1. The topological polar surface area (TPSA) is 86.2 Å². The van der Waals surface area contributed by atoms with Gasteiger partial charge in [-0.2, -0.15) is 41.3 Å². The van der Waals surface area contributed by atoms with Crippen LogP contribution in [0.15, 0.2) is 42.5 Å². The molecule has 1 atom stereocenters. The summed E-state index contributed by atoms with van der Waals surface area (Å²) in [6.07, 6.45) is -9.47. The molecule has 14 heteroatoms. The van der Waals surface area contributed by atoms with E-state index in [1.165, 1.54) is 18.2 Å². The molecule has 7 nitrogen and oxygen atoms in total. The molecular weight excluding hydrogens is 502 g/mol. The highest BCUT2D eigenvalue weighted by atomic mass is 35.5. The van der Waals surface area contributed by atoms with Crippen LogP contribution in [-0.4, -0.2) is 39.3 Å². The number of nitrogens with one attached hydrogen (secondary N) is 2. The molecular formula is C21H17ClF6N6O. The number of aliphatic hydroxyl groups excluding tert-OH is 1. The first-order valence-electron chi connectivity index (χ1n) is 10.2. The first-order chi connectivity index (χ1) is 16.4. The monoisotopic (exact) mass is 518 g/mol. The Bertz CT molecular complexity index is 1220. The largest absolute Gasteiger partial charge is 0.417 e. The predicted molar refractivity (Wildman–Crippen MR) is 117 cm³/mol. The Kier molecular flexibility index (Phi) is 6.64. The highest BCUT2D eigenvalue weighted by molar-refractivity contribution is 6.34. The second-order valence-electron chi connectivity index (χ2n) is 7.66. The molecule has 1 unspecified atom stereocenters. The summed E-state index contributed by atoms with van der Waals surface area (Å²) >= 11 is 5.94. The van der Waals surface area contributed by atoms with Crippen LogP contribution < -0.4 is 15.5 Å². The Morgan fingerprint density at radius 3 is 2.23 bits per heavy atom. The van der Waals surface area contributed by atoms with E-state index in [2.05, 4.69) is 25.6 Å². The van der Waals surface area contributed by atoms with Gasteiger partial charge in [0.1, 0.15) is 0 Å². The van der Waals surface area contributed by atoms with Crippen LogP contribution in [0.2, 0.25) is 5.02 Å². The molecule has 0 radical (unpaired) electrons. The van der Waals surface area contributed by atoms with Crippen molar-refractivity contribution < 1.29 is 31.4 Å². The third-order valence-corrected chi connectivity index (χ3v) is 5.47. The summed E-state index contributed by atoms with van der Waals surface area (Å²) in [7, 11) is 0. The number of β-amino-alcohol motifs (C(OH)–C–C–N with tert-alkyl or cyclic N) is 1. The molecule has 0 amide bonds. The lowest BCUT2D eigenvalue weighted by Gasteiger charge is -2.18. The van der Waals surface area contributed by atoms with Gasteiger partial charge in [0.05, 0.1) is 27.9 Å². The van der Waals surface area contributed by atoms with E-state index < -0.39 is 34.6 Å². The van der Waals surface area contributed by atoms with Crippen molar-refractivity contribution in [2.24, 2.45) is 0 Å². The van der Waals surface area contributed by atoms with Crippen molar-refractivity contribution in [3.63, 3.8) is 0 Å². The van der Waals surface area contributed by atoms with E-state index in [-0.39, 0.29) is 35.8 Å². The van der Waals surface area contributed by atoms with Crippen LogP contribution in [0.5, 0.6) is 0 Å². The third-order valence-electron chi connectivity index (χ3n) is 5.07. The molecule has 2 aromatic carbocycles. The molecule has 4 rings (SSSR count). The molecule has 1 fully saturated rings. The zero-order valence-corrected chi connectivity index (χ0v) is 18.4. The fraction of sp³-hybridized carbons (Fsp3) is 0.286. The van der Waals surface area contributed by atoms with Gasteiger partial charge in [-0.1, -0.05) is 23.7 Å². The fourth-order valence-corrected chi connectivity index (χ4v) is 3.69. The lowest BCUT2D eigenvalue weighted by molar-refractivity contribution is -0.138. The van der Waals surface area contributed by atoms with Crippen molar-refractivity contribution in [1.29, 1.82) is 0 Å². The molecule has 2 heterocycles. The zero-order chi connectivity index (χ0) is 25.4. The molecule has 0 aliphatic carbocycles. The van der Waals surface area contributed by atoms with Crippen LogP contribution in [0.3, 0.4) is 0 Å². The molecule has 0 bridgehead atoms. The number of hydrogen-bond donors (Lipinski definition) is 3. The molecule has 35 heavy (non-hydrogen) atoms. The quantitative estimate of drug-likeness (QED) is 0.378. The van der Waals surface area contributed by atoms with Crippen LogP contribution in [0.4, 0.5) is 55.6 Å². The number of aliphatic hydroxyl groups is 1. The number of hydrogen-bond acceptors (Lipinski definition) is 7. The van der Waals surface area contributed by atoms with Gasteiger partial charge < -0.3 is 20.6 Å². The molecule has 186 valence electrons. The maximum atomic E-state index is 13.2. The fourth-order valence-electron chi connectivity index (χ4n) is 3.41. The van der Waals surface area contributed by atoms with Crippen molar-refractivity contribution in [3.8, 4) is 0 Å². The smallest absolute Gasteiger partial charge is 0.391 e. The Balaban J connectivity index is 1.70. The van der Waals surface area contributed by atoms with Gasteiger partial charge in [-0.25, -0.2) is 0 Å². The second-order valence-corrected chi connectivity index (χ2v) is 8.04. The molecule has 0 saturated carbocycles. The van der Waals surface area contributed by atoms with Crippen molar-refractivity contribution in [2.75, 3.05) is 28.6 Å². The minimum Gasteiger partial charge on any atom is -0.391 e. The van der Waals surface area contributed by atoms with Gasteiger partial charge in [-0.15, -0.1) is 0 Å². The summed E-state index contributed by atoms with van der Waals surface area (Å²) in [6, 6.07) is 7.59. The van der Waals surface area contributed by atoms with Gasteiger partial charge in [-0.05, 0) is 36.8 Å². The summed E-state index contributed by atoms with van der Waals surface area (Å²) in [5.41, 5.74) is -2.07. The lowest BCUT2D eigenvalue weighted by atomic mass is 10.2. The van der Waals surface area contributed by atoms with Crippen molar-refractivity contribution in [3.05, 3.63) is 58.6 Å². The van der Waals surface area contributed by atoms with Crippen LogP contribution in [-0.2, 0) is 12.4 Å². The first-order valence-corrected chi connectivity index (χ1v) is 10.5. The van der Waals surface area contributed by atoms with E-state index >= 15 is 0 Å². The van der Waals surface area contributed by atoms with Gasteiger partial charge in [0, 0.05) is 18.8 Å². The number of benzene rings is 2. The molecule has 3 aromatic rings. The molecule has 1 aliphatic rings. The predicted octanol–water partition coefficient (Wildman–Crippen LogP) is 5.62. The zero-order valence-electron chi connectivity index (χ0n) is 17.6. The summed E-state index contributed by atoms with van der Waals surface area (Å²) < 4.78 is 78.9. The van der Waals surface area contributed by atoms with E-state index in [4.69, 9.17) is 11.6 Å². The van der Waals surface area contributed by atoms with Gasteiger partial charge in [0.15, 0.2) is 0 Å². The van der Waals surface area contributed by atoms with Crippen LogP contribution in [0, 0.1) is 0 Å². The lowest BCUT2D eigenvalue weighted by Crippen LogP contribution is -2.24. The Morgan fingerprint density at radius 1 is 0.914 bits per heavy atom. The summed E-state index contributed by atoms with van der Waals surface area (Å²) in [6.45, 7) is 0.578. The minimum atomic E-state index is -4.69. The summed E-state index contributed by atoms with van der Waals surface area (Å²) in [5.74, 6) is -0.301. The molecule has 3 N–H and O–H groups in total. The minimum absolute atomic E-state index is 0.0292. The van der Waals surface area contributed by atoms with Crippen molar-refractivity contribution in [1.82, 2.24) is 15.0 Å². The number of alkyl halides is 6. The van der Waals surface area contributed by atoms with Crippen molar-refractivity contribution >= 4 is 40.8 Å². The van der Waals surface area contributed by atoms with E-state index in [0.717, 1.165) is 24.3 Å². The summed E-state index contributed by atoms with van der Waals surface area (Å²) in [5, 5.41) is 14.5. The number of rotatable bonds is 5. The van der Waals surface area contributed by atoms with E-state index in [1.54, 1.807) is 4.90 Å². The van der Waals surface area contributed by atoms with E-state index in [1.807, 2.05) is 0 Å². The maximum absolute atomic E-state index is 13.2. The first kappa shape index (κ1) is 24.8. The number of nitrogens with zero attached hydrogens (tertiary/aromatic N) is 4. The number of aromatic nitrogens is 3. The van der Waals surface area contributed by atoms with Crippen LogP contribution in [0.25, 0.3) is 0 Å². The summed E-state index contributed by atoms with van der Waals surface area (Å²) in [4.78, 5) is 14.1. The Labute approximate surface area is 199 Å². The number of anilines is 5. The van der Waals surface area contributed by atoms with Gasteiger partial charge in [-0.3, -0.25) is 0 Å². The van der Waals surface area contributed by atoms with Crippen molar-refractivity contribution in [2.45, 2.75) is 24.9 Å². The van der Waals surface area contributed by atoms with E-state index in [9.17, 15) is 31.4 Å². The highest BCUT2D eigenvalue weighted by Gasteiger charge is 2.34. The third kappa shape index (κ3) is 5.85. The van der Waals surface area contributed by atoms with Crippen LogP contribution in [0.1, 0.15) is 17.5 Å². The highest BCUT2D eigenvalue weighted by Crippen LogP contribution is 2.39. The molecule has 1 aliphatic heterocycles. The van der Waals surface area contributed by atoms with Gasteiger partial charge in [0.25, 0.3) is 0 Å². The molecule has 0 spiro atoms. The average molecular weight is 519 g/mol. The Hall–Kier alpha value is -3.32. The second kappa shape index (κ2) is 9.38. The molecule has 1 saturated heterocycles. The average Bonchev–Trinajstić information content (AvgIpc) is 3.20.